The highest BCUT2D eigenvalue weighted by molar-refractivity contribution is 4.80. The molecule has 2 fully saturated rings. The monoisotopic (exact) mass is 225 g/mol. The predicted octanol–water partition coefficient (Wildman–Crippen LogP) is 1.16. The van der Waals surface area contributed by atoms with Crippen molar-refractivity contribution >= 4 is 0 Å². The van der Waals surface area contributed by atoms with Crippen LogP contribution in [0.15, 0.2) is 0 Å². The fourth-order valence-electron chi connectivity index (χ4n) is 3.05. The largest absolute Gasteiger partial charge is 0.315 e. The van der Waals surface area contributed by atoms with Crippen molar-refractivity contribution in [3.8, 4) is 0 Å². The molecule has 2 aliphatic heterocycles. The fourth-order valence-corrected chi connectivity index (χ4v) is 3.05. The molecule has 0 aromatic carbocycles. The highest BCUT2D eigenvalue weighted by Crippen LogP contribution is 2.11. The highest BCUT2D eigenvalue weighted by Gasteiger charge is 2.20. The molecule has 2 saturated heterocycles. The third kappa shape index (κ3) is 3.44. The molecule has 0 spiro atoms. The Morgan fingerprint density at radius 3 is 2.75 bits per heavy atom. The maximum atomic E-state index is 3.47. The molecular formula is C13H27N3. The molecule has 2 aliphatic rings. The molecule has 0 saturated carbocycles. The summed E-state index contributed by atoms with van der Waals surface area (Å²) in [4.78, 5) is 5.29. The second-order valence-corrected chi connectivity index (χ2v) is 5.18. The molecule has 0 bridgehead atoms. The molecule has 2 rings (SSSR count). The number of nitrogens with zero attached hydrogens (tertiary/aromatic N) is 2. The van der Waals surface area contributed by atoms with Gasteiger partial charge in [0.05, 0.1) is 0 Å². The van der Waals surface area contributed by atoms with E-state index in [-0.39, 0.29) is 0 Å². The van der Waals surface area contributed by atoms with Crippen LogP contribution >= 0.6 is 0 Å². The van der Waals surface area contributed by atoms with E-state index in [1.54, 1.807) is 0 Å². The van der Waals surface area contributed by atoms with Crippen LogP contribution in [0.2, 0.25) is 0 Å². The highest BCUT2D eigenvalue weighted by atomic mass is 15.2. The van der Waals surface area contributed by atoms with Crippen LogP contribution in [-0.4, -0.2) is 61.7 Å². The number of rotatable bonds is 6. The van der Waals surface area contributed by atoms with E-state index in [0.29, 0.717) is 0 Å². The molecule has 0 aliphatic carbocycles. The smallest absolute Gasteiger partial charge is 0.0232 e. The quantitative estimate of drug-likeness (QED) is 0.732. The third-order valence-corrected chi connectivity index (χ3v) is 4.08. The van der Waals surface area contributed by atoms with Crippen molar-refractivity contribution in [3.63, 3.8) is 0 Å². The van der Waals surface area contributed by atoms with Gasteiger partial charge in [0, 0.05) is 12.6 Å². The van der Waals surface area contributed by atoms with E-state index in [0.717, 1.165) is 6.04 Å². The fraction of sp³-hybridized carbons (Fsp3) is 1.00. The van der Waals surface area contributed by atoms with Crippen molar-refractivity contribution in [2.45, 2.75) is 38.6 Å². The Labute approximate surface area is 100 Å². The van der Waals surface area contributed by atoms with Gasteiger partial charge >= 0.3 is 0 Å². The van der Waals surface area contributed by atoms with Crippen molar-refractivity contribution in [1.82, 2.24) is 15.1 Å². The predicted molar refractivity (Wildman–Crippen MR) is 68.8 cm³/mol. The summed E-state index contributed by atoms with van der Waals surface area (Å²) in [5.74, 6) is 0. The van der Waals surface area contributed by atoms with Crippen molar-refractivity contribution < 1.29 is 0 Å². The minimum Gasteiger partial charge on any atom is -0.315 e. The van der Waals surface area contributed by atoms with Gasteiger partial charge in [0.15, 0.2) is 0 Å². The molecule has 0 amide bonds. The average Bonchev–Trinajstić information content (AvgIpc) is 2.96. The summed E-state index contributed by atoms with van der Waals surface area (Å²) < 4.78 is 0. The van der Waals surface area contributed by atoms with Crippen LogP contribution < -0.4 is 5.32 Å². The zero-order chi connectivity index (χ0) is 11.2. The number of hydrogen-bond donors (Lipinski definition) is 1. The minimum absolute atomic E-state index is 0.809. The number of likely N-dealkylation sites (tertiary alicyclic amines) is 1. The first-order valence-corrected chi connectivity index (χ1v) is 7.07. The van der Waals surface area contributed by atoms with Gasteiger partial charge in [-0.25, -0.2) is 0 Å². The van der Waals surface area contributed by atoms with Gasteiger partial charge in [-0.3, -0.25) is 4.90 Å². The zero-order valence-electron chi connectivity index (χ0n) is 10.7. The summed E-state index contributed by atoms with van der Waals surface area (Å²) in [6.07, 6.45) is 5.54. The molecule has 3 nitrogen and oxygen atoms in total. The van der Waals surface area contributed by atoms with E-state index in [4.69, 9.17) is 0 Å². The first-order chi connectivity index (χ1) is 7.90. The Morgan fingerprint density at radius 2 is 2.12 bits per heavy atom. The molecule has 16 heavy (non-hydrogen) atoms. The van der Waals surface area contributed by atoms with Crippen LogP contribution in [0.5, 0.6) is 0 Å². The molecule has 2 heterocycles. The minimum atomic E-state index is 0.809. The van der Waals surface area contributed by atoms with Crippen molar-refractivity contribution in [2.24, 2.45) is 0 Å². The maximum Gasteiger partial charge on any atom is 0.0232 e. The maximum absolute atomic E-state index is 3.47. The topological polar surface area (TPSA) is 18.5 Å². The van der Waals surface area contributed by atoms with Crippen molar-refractivity contribution in [1.29, 1.82) is 0 Å². The molecule has 0 aromatic heterocycles. The van der Waals surface area contributed by atoms with Gasteiger partial charge in [-0.1, -0.05) is 6.92 Å². The lowest BCUT2D eigenvalue weighted by atomic mass is 10.2. The molecule has 3 heteroatoms. The molecule has 0 radical (unpaired) electrons. The van der Waals surface area contributed by atoms with Gasteiger partial charge in [-0.15, -0.1) is 0 Å². The first-order valence-electron chi connectivity index (χ1n) is 7.07. The van der Waals surface area contributed by atoms with Crippen LogP contribution in [0, 0.1) is 0 Å². The molecular weight excluding hydrogens is 198 g/mol. The Kier molecular flexibility index (Phi) is 5.07. The molecule has 0 aromatic rings. The normalized spacial score (nSPS) is 27.0. The summed E-state index contributed by atoms with van der Waals surface area (Å²) in [5, 5.41) is 3.47. The van der Waals surface area contributed by atoms with Crippen molar-refractivity contribution in [2.75, 3.05) is 45.8 Å². The van der Waals surface area contributed by atoms with Gasteiger partial charge in [0.1, 0.15) is 0 Å². The SMILES string of the molecule is CCN(CCCN1CCCC1)C1CCNC1. The molecule has 1 atom stereocenters. The second kappa shape index (κ2) is 6.58. The Morgan fingerprint density at radius 1 is 1.31 bits per heavy atom. The zero-order valence-corrected chi connectivity index (χ0v) is 10.7. The molecule has 1 N–H and O–H groups in total. The lowest BCUT2D eigenvalue weighted by Crippen LogP contribution is -2.38. The second-order valence-electron chi connectivity index (χ2n) is 5.18. The van der Waals surface area contributed by atoms with Gasteiger partial charge < -0.3 is 10.2 Å². The number of likely N-dealkylation sites (N-methyl/N-ethyl adjacent to an activating group) is 1. The van der Waals surface area contributed by atoms with E-state index >= 15 is 0 Å². The van der Waals surface area contributed by atoms with E-state index in [2.05, 4.69) is 22.0 Å². The van der Waals surface area contributed by atoms with Crippen LogP contribution in [0.3, 0.4) is 0 Å². The summed E-state index contributed by atoms with van der Waals surface area (Å²) in [6, 6.07) is 0.809. The summed E-state index contributed by atoms with van der Waals surface area (Å²) >= 11 is 0. The Balaban J connectivity index is 1.62. The van der Waals surface area contributed by atoms with Crippen LogP contribution in [0.4, 0.5) is 0 Å². The van der Waals surface area contributed by atoms with Crippen LogP contribution in [0.25, 0.3) is 0 Å². The van der Waals surface area contributed by atoms with Gasteiger partial charge in [0.2, 0.25) is 0 Å². The van der Waals surface area contributed by atoms with Gasteiger partial charge in [-0.05, 0) is 65.0 Å². The Hall–Kier alpha value is -0.120. The van der Waals surface area contributed by atoms with Gasteiger partial charge in [-0.2, -0.15) is 0 Å². The number of nitrogens with one attached hydrogen (secondary N) is 1. The average molecular weight is 225 g/mol. The lowest BCUT2D eigenvalue weighted by Gasteiger charge is -2.27. The number of hydrogen-bond acceptors (Lipinski definition) is 3. The molecule has 1 unspecified atom stereocenters. The standard InChI is InChI=1S/C13H27N3/c1-2-16(13-6-7-14-12-13)11-5-10-15-8-3-4-9-15/h13-14H,2-12H2,1H3. The van der Waals surface area contributed by atoms with E-state index in [9.17, 15) is 0 Å². The lowest BCUT2D eigenvalue weighted by molar-refractivity contribution is 0.203. The van der Waals surface area contributed by atoms with Crippen molar-refractivity contribution in [3.05, 3.63) is 0 Å². The van der Waals surface area contributed by atoms with Crippen LogP contribution in [0.1, 0.15) is 32.6 Å². The third-order valence-electron chi connectivity index (χ3n) is 4.08. The first kappa shape index (κ1) is 12.3. The molecule has 94 valence electrons. The van der Waals surface area contributed by atoms with E-state index in [1.807, 2.05) is 0 Å². The van der Waals surface area contributed by atoms with E-state index < -0.39 is 0 Å². The van der Waals surface area contributed by atoms with E-state index in [1.165, 1.54) is 71.5 Å². The van der Waals surface area contributed by atoms with Gasteiger partial charge in [0.25, 0.3) is 0 Å². The Bertz CT molecular complexity index is 184. The van der Waals surface area contributed by atoms with Crippen LogP contribution in [-0.2, 0) is 0 Å². The summed E-state index contributed by atoms with van der Waals surface area (Å²) in [7, 11) is 0. The summed E-state index contributed by atoms with van der Waals surface area (Å²) in [5.41, 5.74) is 0. The summed E-state index contributed by atoms with van der Waals surface area (Å²) in [6.45, 7) is 11.2.